The van der Waals surface area contributed by atoms with Gasteiger partial charge in [0.2, 0.25) is 5.82 Å². The first-order valence-corrected chi connectivity index (χ1v) is 8.03. The SMILES string of the molecule is C/C=C/c1ccc(OCc2nc(-c3ccsc3)no2)c(OC)c1. The van der Waals surface area contributed by atoms with Crippen molar-refractivity contribution in [1.29, 1.82) is 0 Å². The molecule has 2 heterocycles. The Morgan fingerprint density at radius 1 is 1.26 bits per heavy atom. The summed E-state index contributed by atoms with van der Waals surface area (Å²) < 4.78 is 16.3. The number of allylic oxidation sites excluding steroid dienone is 1. The molecule has 0 aliphatic carbocycles. The summed E-state index contributed by atoms with van der Waals surface area (Å²) in [7, 11) is 1.61. The molecule has 0 saturated carbocycles. The van der Waals surface area contributed by atoms with E-state index >= 15 is 0 Å². The van der Waals surface area contributed by atoms with E-state index in [9.17, 15) is 0 Å². The van der Waals surface area contributed by atoms with Crippen LogP contribution in [0.5, 0.6) is 11.5 Å². The van der Waals surface area contributed by atoms with Crippen LogP contribution in [0.25, 0.3) is 17.5 Å². The third kappa shape index (κ3) is 3.60. The van der Waals surface area contributed by atoms with Gasteiger partial charge in [0, 0.05) is 10.9 Å². The highest BCUT2D eigenvalue weighted by Gasteiger charge is 2.11. The van der Waals surface area contributed by atoms with Crippen LogP contribution in [0.3, 0.4) is 0 Å². The van der Waals surface area contributed by atoms with Crippen LogP contribution in [0.15, 0.2) is 45.6 Å². The second kappa shape index (κ2) is 7.11. The average Bonchev–Trinajstić information content (AvgIpc) is 3.25. The highest BCUT2D eigenvalue weighted by molar-refractivity contribution is 7.08. The van der Waals surface area contributed by atoms with E-state index in [-0.39, 0.29) is 6.61 Å². The lowest BCUT2D eigenvalue weighted by molar-refractivity contribution is 0.233. The predicted octanol–water partition coefficient (Wildman–Crippen LogP) is 4.42. The minimum Gasteiger partial charge on any atom is -0.493 e. The smallest absolute Gasteiger partial charge is 0.264 e. The zero-order chi connectivity index (χ0) is 16.1. The minimum atomic E-state index is 0.191. The lowest BCUT2D eigenvalue weighted by Crippen LogP contribution is -1.98. The maximum atomic E-state index is 5.74. The third-order valence-corrected chi connectivity index (χ3v) is 3.83. The molecule has 0 aliphatic heterocycles. The molecule has 118 valence electrons. The van der Waals surface area contributed by atoms with E-state index in [4.69, 9.17) is 14.0 Å². The van der Waals surface area contributed by atoms with Crippen LogP contribution in [0.2, 0.25) is 0 Å². The van der Waals surface area contributed by atoms with Crippen molar-refractivity contribution in [3.05, 3.63) is 52.6 Å². The summed E-state index contributed by atoms with van der Waals surface area (Å²) >= 11 is 1.59. The molecule has 0 atom stereocenters. The number of thiophene rings is 1. The molecule has 5 nitrogen and oxygen atoms in total. The van der Waals surface area contributed by atoms with E-state index in [2.05, 4.69) is 10.1 Å². The highest BCUT2D eigenvalue weighted by atomic mass is 32.1. The number of hydrogen-bond acceptors (Lipinski definition) is 6. The summed E-state index contributed by atoms with van der Waals surface area (Å²) in [6.45, 7) is 2.16. The molecule has 0 fully saturated rings. The Hall–Kier alpha value is -2.60. The Bertz CT molecular complexity index is 794. The van der Waals surface area contributed by atoms with Crippen LogP contribution in [-0.2, 0) is 6.61 Å². The molecule has 0 N–H and O–H groups in total. The standard InChI is InChI=1S/C17H16N2O3S/c1-3-4-12-5-6-14(15(9-12)20-2)21-10-16-18-17(19-22-16)13-7-8-23-11-13/h3-9,11H,10H2,1-2H3/b4-3+. The maximum absolute atomic E-state index is 5.74. The summed E-state index contributed by atoms with van der Waals surface area (Å²) in [6.07, 6.45) is 3.97. The van der Waals surface area contributed by atoms with Crippen LogP contribution in [0, 0.1) is 0 Å². The molecular weight excluding hydrogens is 312 g/mol. The molecule has 0 unspecified atom stereocenters. The average molecular weight is 328 g/mol. The second-order valence-electron chi connectivity index (χ2n) is 4.72. The molecule has 2 aromatic heterocycles. The van der Waals surface area contributed by atoms with E-state index in [1.165, 1.54) is 0 Å². The summed E-state index contributed by atoms with van der Waals surface area (Å²) in [5.74, 6) is 2.29. The van der Waals surface area contributed by atoms with Gasteiger partial charge in [-0.3, -0.25) is 0 Å². The van der Waals surface area contributed by atoms with E-state index < -0.39 is 0 Å². The molecule has 0 bridgehead atoms. The summed E-state index contributed by atoms with van der Waals surface area (Å²) in [5, 5.41) is 7.89. The largest absolute Gasteiger partial charge is 0.493 e. The summed E-state index contributed by atoms with van der Waals surface area (Å²) in [4.78, 5) is 4.32. The number of hydrogen-bond donors (Lipinski definition) is 0. The predicted molar refractivity (Wildman–Crippen MR) is 89.6 cm³/mol. The minimum absolute atomic E-state index is 0.191. The molecule has 3 aromatic rings. The first-order chi connectivity index (χ1) is 11.3. The van der Waals surface area contributed by atoms with Crippen molar-refractivity contribution in [2.24, 2.45) is 0 Å². The maximum Gasteiger partial charge on any atom is 0.264 e. The normalized spacial score (nSPS) is 11.0. The number of ether oxygens (including phenoxy) is 2. The Morgan fingerprint density at radius 2 is 2.17 bits per heavy atom. The fourth-order valence-electron chi connectivity index (χ4n) is 2.06. The van der Waals surface area contributed by atoms with Crippen LogP contribution in [0.4, 0.5) is 0 Å². The van der Waals surface area contributed by atoms with Crippen LogP contribution in [-0.4, -0.2) is 17.3 Å². The fraction of sp³-hybridized carbons (Fsp3) is 0.176. The van der Waals surface area contributed by atoms with Gasteiger partial charge in [-0.1, -0.05) is 23.4 Å². The molecule has 0 aliphatic rings. The molecule has 1 aromatic carbocycles. The van der Waals surface area contributed by atoms with Gasteiger partial charge >= 0.3 is 0 Å². The van der Waals surface area contributed by atoms with Gasteiger partial charge in [0.15, 0.2) is 18.1 Å². The van der Waals surface area contributed by atoms with E-state index in [0.717, 1.165) is 11.1 Å². The quantitative estimate of drug-likeness (QED) is 0.670. The number of aromatic nitrogens is 2. The van der Waals surface area contributed by atoms with Crippen LogP contribution < -0.4 is 9.47 Å². The Balaban J connectivity index is 1.71. The molecule has 0 amide bonds. The monoisotopic (exact) mass is 328 g/mol. The van der Waals surface area contributed by atoms with E-state index in [1.807, 2.05) is 54.1 Å². The van der Waals surface area contributed by atoms with Crippen LogP contribution >= 0.6 is 11.3 Å². The molecule has 0 radical (unpaired) electrons. The van der Waals surface area contributed by atoms with Gasteiger partial charge in [-0.25, -0.2) is 0 Å². The zero-order valence-electron chi connectivity index (χ0n) is 12.9. The van der Waals surface area contributed by atoms with Gasteiger partial charge in [0.05, 0.1) is 7.11 Å². The molecule has 0 saturated heterocycles. The van der Waals surface area contributed by atoms with Crippen molar-refractivity contribution < 1.29 is 14.0 Å². The van der Waals surface area contributed by atoms with E-state index in [0.29, 0.717) is 23.2 Å². The Labute approximate surface area is 138 Å². The van der Waals surface area contributed by atoms with Gasteiger partial charge in [-0.2, -0.15) is 16.3 Å². The third-order valence-electron chi connectivity index (χ3n) is 3.15. The fourth-order valence-corrected chi connectivity index (χ4v) is 2.70. The van der Waals surface area contributed by atoms with Crippen molar-refractivity contribution in [3.8, 4) is 22.9 Å². The second-order valence-corrected chi connectivity index (χ2v) is 5.50. The number of rotatable bonds is 6. The van der Waals surface area contributed by atoms with Crippen molar-refractivity contribution in [1.82, 2.24) is 10.1 Å². The number of methoxy groups -OCH3 is 1. The number of benzene rings is 1. The first kappa shape index (κ1) is 15.3. The van der Waals surface area contributed by atoms with Crippen molar-refractivity contribution in [2.45, 2.75) is 13.5 Å². The first-order valence-electron chi connectivity index (χ1n) is 7.09. The molecular formula is C17H16N2O3S. The molecule has 0 spiro atoms. The van der Waals surface area contributed by atoms with Gasteiger partial charge in [-0.05, 0) is 36.1 Å². The summed E-state index contributed by atoms with van der Waals surface area (Å²) in [5.41, 5.74) is 1.99. The van der Waals surface area contributed by atoms with Crippen molar-refractivity contribution in [2.75, 3.05) is 7.11 Å². The Morgan fingerprint density at radius 3 is 2.91 bits per heavy atom. The molecule has 3 rings (SSSR count). The molecule has 23 heavy (non-hydrogen) atoms. The van der Waals surface area contributed by atoms with Gasteiger partial charge in [0.25, 0.3) is 5.89 Å². The van der Waals surface area contributed by atoms with Gasteiger partial charge in [-0.15, -0.1) is 0 Å². The van der Waals surface area contributed by atoms with Gasteiger partial charge < -0.3 is 14.0 Å². The van der Waals surface area contributed by atoms with E-state index in [1.54, 1.807) is 18.4 Å². The lowest BCUT2D eigenvalue weighted by Gasteiger charge is -2.09. The van der Waals surface area contributed by atoms with Crippen molar-refractivity contribution >= 4 is 17.4 Å². The van der Waals surface area contributed by atoms with Gasteiger partial charge in [0.1, 0.15) is 0 Å². The zero-order valence-corrected chi connectivity index (χ0v) is 13.7. The lowest BCUT2D eigenvalue weighted by atomic mass is 10.2. The molecule has 6 heteroatoms. The number of nitrogens with zero attached hydrogens (tertiary/aromatic N) is 2. The highest BCUT2D eigenvalue weighted by Crippen LogP contribution is 2.29. The topological polar surface area (TPSA) is 57.4 Å². The van der Waals surface area contributed by atoms with Crippen molar-refractivity contribution in [3.63, 3.8) is 0 Å². The van der Waals surface area contributed by atoms with Crippen LogP contribution in [0.1, 0.15) is 18.4 Å². The Kier molecular flexibility index (Phi) is 4.73. The summed E-state index contributed by atoms with van der Waals surface area (Å²) in [6, 6.07) is 7.69.